The number of methoxy groups -OCH3 is 1. The molecule has 6 heteroatoms. The quantitative estimate of drug-likeness (QED) is 0.737. The number of hydrogen-bond acceptors (Lipinski definition) is 4. The molecule has 1 saturated heterocycles. The van der Waals surface area contributed by atoms with E-state index in [1.54, 1.807) is 13.3 Å². The van der Waals surface area contributed by atoms with E-state index >= 15 is 0 Å². The maximum atomic E-state index is 12.1. The summed E-state index contributed by atoms with van der Waals surface area (Å²) in [5, 5.41) is 5.87. The summed E-state index contributed by atoms with van der Waals surface area (Å²) < 4.78 is 5.12. The Labute approximate surface area is 166 Å². The second kappa shape index (κ2) is 10.6. The summed E-state index contributed by atoms with van der Waals surface area (Å²) >= 11 is 0. The lowest BCUT2D eigenvalue weighted by Crippen LogP contribution is -2.34. The predicted octanol–water partition coefficient (Wildman–Crippen LogP) is 3.34. The average molecular weight is 380 g/mol. The third kappa shape index (κ3) is 6.48. The monoisotopic (exact) mass is 380 g/mol. The Balaban J connectivity index is 1.40. The van der Waals surface area contributed by atoms with Gasteiger partial charge < -0.3 is 20.3 Å². The molecule has 2 aromatic rings. The molecular weight excluding hydrogens is 352 g/mol. The zero-order chi connectivity index (χ0) is 19.6. The van der Waals surface area contributed by atoms with Crippen LogP contribution in [0.1, 0.15) is 17.7 Å². The van der Waals surface area contributed by atoms with Gasteiger partial charge in [-0.2, -0.15) is 0 Å². The molecule has 148 valence electrons. The van der Waals surface area contributed by atoms with Crippen LogP contribution in [0.3, 0.4) is 0 Å². The Morgan fingerprint density at radius 3 is 2.86 bits per heavy atom. The summed E-state index contributed by atoms with van der Waals surface area (Å²) in [6.07, 6.45) is 6.85. The van der Waals surface area contributed by atoms with E-state index in [1.807, 2.05) is 54.6 Å². The molecule has 6 nitrogen and oxygen atoms in total. The largest absolute Gasteiger partial charge is 0.383 e. The number of nitrogens with zero attached hydrogens (tertiary/aromatic N) is 2. The van der Waals surface area contributed by atoms with Crippen molar-refractivity contribution in [1.82, 2.24) is 15.2 Å². The average Bonchev–Trinajstić information content (AvgIpc) is 3.19. The maximum Gasteiger partial charge on any atom is 0.319 e. The molecule has 0 saturated carbocycles. The van der Waals surface area contributed by atoms with Gasteiger partial charge in [0, 0.05) is 38.6 Å². The molecule has 1 aliphatic rings. The highest BCUT2D eigenvalue weighted by molar-refractivity contribution is 5.89. The van der Waals surface area contributed by atoms with Gasteiger partial charge in [-0.3, -0.25) is 4.98 Å². The number of hydrogen-bond donors (Lipinski definition) is 2. The van der Waals surface area contributed by atoms with Crippen LogP contribution in [-0.2, 0) is 4.74 Å². The fourth-order valence-electron chi connectivity index (χ4n) is 3.25. The fourth-order valence-corrected chi connectivity index (χ4v) is 3.25. The normalized spacial score (nSPS) is 17.1. The molecule has 28 heavy (non-hydrogen) atoms. The van der Waals surface area contributed by atoms with Crippen LogP contribution in [-0.4, -0.2) is 55.8 Å². The van der Waals surface area contributed by atoms with Crippen LogP contribution in [0.25, 0.3) is 12.2 Å². The van der Waals surface area contributed by atoms with Crippen molar-refractivity contribution < 1.29 is 9.53 Å². The second-order valence-corrected chi connectivity index (χ2v) is 6.99. The van der Waals surface area contributed by atoms with Crippen molar-refractivity contribution in [3.8, 4) is 0 Å². The number of rotatable bonds is 8. The lowest BCUT2D eigenvalue weighted by Gasteiger charge is -2.15. The smallest absolute Gasteiger partial charge is 0.319 e. The molecule has 1 aliphatic heterocycles. The Morgan fingerprint density at radius 2 is 2.11 bits per heavy atom. The zero-order valence-corrected chi connectivity index (χ0v) is 16.3. The SMILES string of the molecule is COCCN1CCC(CNC(=O)Nc2ccc(/C=C/c3ccccn3)cc2)C1. The van der Waals surface area contributed by atoms with Crippen LogP contribution in [0.4, 0.5) is 10.5 Å². The lowest BCUT2D eigenvalue weighted by molar-refractivity contribution is 0.159. The third-order valence-electron chi connectivity index (χ3n) is 4.84. The molecule has 1 unspecified atom stereocenters. The molecule has 0 radical (unpaired) electrons. The Hall–Kier alpha value is -2.70. The first-order chi connectivity index (χ1) is 13.7. The molecule has 2 N–H and O–H groups in total. The van der Waals surface area contributed by atoms with Crippen molar-refractivity contribution in [3.63, 3.8) is 0 Å². The van der Waals surface area contributed by atoms with Crippen LogP contribution in [0.5, 0.6) is 0 Å². The van der Waals surface area contributed by atoms with E-state index in [-0.39, 0.29) is 6.03 Å². The second-order valence-electron chi connectivity index (χ2n) is 6.99. The van der Waals surface area contributed by atoms with Gasteiger partial charge in [-0.05, 0) is 54.8 Å². The van der Waals surface area contributed by atoms with Crippen LogP contribution in [0.2, 0.25) is 0 Å². The number of amides is 2. The molecule has 1 aromatic heterocycles. The Morgan fingerprint density at radius 1 is 1.25 bits per heavy atom. The van der Waals surface area contributed by atoms with E-state index in [4.69, 9.17) is 4.74 Å². The van der Waals surface area contributed by atoms with Gasteiger partial charge in [-0.15, -0.1) is 0 Å². The van der Waals surface area contributed by atoms with Gasteiger partial charge in [0.15, 0.2) is 0 Å². The minimum atomic E-state index is -0.160. The van der Waals surface area contributed by atoms with E-state index in [0.29, 0.717) is 12.5 Å². The summed E-state index contributed by atoms with van der Waals surface area (Å²) in [4.78, 5) is 18.8. The van der Waals surface area contributed by atoms with Crippen LogP contribution in [0.15, 0.2) is 48.7 Å². The highest BCUT2D eigenvalue weighted by atomic mass is 16.5. The molecule has 2 heterocycles. The number of benzene rings is 1. The number of pyridine rings is 1. The van der Waals surface area contributed by atoms with Gasteiger partial charge in [-0.25, -0.2) is 4.79 Å². The molecule has 0 bridgehead atoms. The first-order valence-corrected chi connectivity index (χ1v) is 9.68. The molecule has 0 aliphatic carbocycles. The number of ether oxygens (including phenoxy) is 1. The fraction of sp³-hybridized carbons (Fsp3) is 0.364. The molecule has 1 fully saturated rings. The van der Waals surface area contributed by atoms with Crippen molar-refractivity contribution in [2.24, 2.45) is 5.92 Å². The number of likely N-dealkylation sites (tertiary alicyclic amines) is 1. The number of nitrogens with one attached hydrogen (secondary N) is 2. The van der Waals surface area contributed by atoms with Crippen LogP contribution < -0.4 is 10.6 Å². The van der Waals surface area contributed by atoms with Crippen molar-refractivity contribution in [1.29, 1.82) is 0 Å². The highest BCUT2D eigenvalue weighted by Gasteiger charge is 2.22. The topological polar surface area (TPSA) is 66.5 Å². The van der Waals surface area contributed by atoms with Gasteiger partial charge in [0.2, 0.25) is 0 Å². The van der Waals surface area contributed by atoms with E-state index < -0.39 is 0 Å². The predicted molar refractivity (Wildman–Crippen MR) is 113 cm³/mol. The molecule has 2 amide bonds. The van der Waals surface area contributed by atoms with Crippen molar-refractivity contribution in [2.45, 2.75) is 6.42 Å². The molecular formula is C22H28N4O2. The Bertz CT molecular complexity index is 762. The van der Waals surface area contributed by atoms with Gasteiger partial charge in [0.1, 0.15) is 0 Å². The number of carbonyl (C=O) groups is 1. The van der Waals surface area contributed by atoms with E-state index in [0.717, 1.165) is 49.6 Å². The number of anilines is 1. The lowest BCUT2D eigenvalue weighted by atomic mass is 10.1. The van der Waals surface area contributed by atoms with E-state index in [9.17, 15) is 4.79 Å². The summed E-state index contributed by atoms with van der Waals surface area (Å²) in [6.45, 7) is 4.50. The summed E-state index contributed by atoms with van der Waals surface area (Å²) in [7, 11) is 1.72. The summed E-state index contributed by atoms with van der Waals surface area (Å²) in [5.41, 5.74) is 2.75. The minimum absolute atomic E-state index is 0.160. The van der Waals surface area contributed by atoms with Crippen LogP contribution >= 0.6 is 0 Å². The minimum Gasteiger partial charge on any atom is -0.383 e. The zero-order valence-electron chi connectivity index (χ0n) is 16.3. The van der Waals surface area contributed by atoms with Gasteiger partial charge in [-0.1, -0.05) is 24.3 Å². The molecule has 3 rings (SSSR count). The third-order valence-corrected chi connectivity index (χ3v) is 4.84. The van der Waals surface area contributed by atoms with Gasteiger partial charge in [0.05, 0.1) is 12.3 Å². The van der Waals surface area contributed by atoms with Gasteiger partial charge in [0.25, 0.3) is 0 Å². The van der Waals surface area contributed by atoms with Crippen molar-refractivity contribution in [2.75, 3.05) is 45.2 Å². The number of aromatic nitrogens is 1. The number of carbonyl (C=O) groups excluding carboxylic acids is 1. The van der Waals surface area contributed by atoms with E-state index in [1.165, 1.54) is 0 Å². The van der Waals surface area contributed by atoms with Crippen molar-refractivity contribution >= 4 is 23.9 Å². The van der Waals surface area contributed by atoms with E-state index in [2.05, 4.69) is 20.5 Å². The molecule has 1 atom stereocenters. The standard InChI is InChI=1S/C22H28N4O2/c1-28-15-14-26-13-11-19(17-26)16-24-22(27)25-21-9-6-18(7-10-21)5-8-20-4-2-3-12-23-20/h2-10,12,19H,11,13-17H2,1H3,(H2,24,25,27)/b8-5+. The first-order valence-electron chi connectivity index (χ1n) is 9.68. The van der Waals surface area contributed by atoms with Crippen molar-refractivity contribution in [3.05, 3.63) is 59.9 Å². The molecule has 1 aromatic carbocycles. The maximum absolute atomic E-state index is 12.1. The Kier molecular flexibility index (Phi) is 7.58. The summed E-state index contributed by atoms with van der Waals surface area (Å²) in [5.74, 6) is 0.502. The van der Waals surface area contributed by atoms with Gasteiger partial charge >= 0.3 is 6.03 Å². The number of urea groups is 1. The van der Waals surface area contributed by atoms with Crippen LogP contribution in [0, 0.1) is 5.92 Å². The summed E-state index contributed by atoms with van der Waals surface area (Å²) in [6, 6.07) is 13.4. The highest BCUT2D eigenvalue weighted by Crippen LogP contribution is 2.15. The first kappa shape index (κ1) is 20.0. The molecule has 0 spiro atoms.